The van der Waals surface area contributed by atoms with Crippen LogP contribution in [0.5, 0.6) is 0 Å². The molecule has 0 atom stereocenters. The summed E-state index contributed by atoms with van der Waals surface area (Å²) in [6.45, 7) is 7.46. The molecular formula is C15H21N3O2S2. The van der Waals surface area contributed by atoms with E-state index in [2.05, 4.69) is 17.2 Å². The number of thiocarbonyl (C=S) groups is 1. The van der Waals surface area contributed by atoms with Gasteiger partial charge < -0.3 is 10.6 Å². The van der Waals surface area contributed by atoms with Gasteiger partial charge in [-0.15, -0.1) is 0 Å². The number of benzene rings is 1. The van der Waals surface area contributed by atoms with Crippen molar-refractivity contribution >= 4 is 33.0 Å². The molecule has 7 heteroatoms. The van der Waals surface area contributed by atoms with E-state index in [1.165, 1.54) is 4.31 Å². The molecule has 0 saturated carbocycles. The SMILES string of the molecule is C=C(C)CNC(=S)Nc1cccc(S(=O)(=O)N2CCCC2)c1. The van der Waals surface area contributed by atoms with Crippen LogP contribution in [0, 0.1) is 0 Å². The molecule has 1 aromatic rings. The molecule has 2 rings (SSSR count). The van der Waals surface area contributed by atoms with Gasteiger partial charge in [-0.25, -0.2) is 8.42 Å². The summed E-state index contributed by atoms with van der Waals surface area (Å²) >= 11 is 5.18. The van der Waals surface area contributed by atoms with Crippen LogP contribution in [0.15, 0.2) is 41.3 Å². The van der Waals surface area contributed by atoms with Crippen molar-refractivity contribution in [1.29, 1.82) is 0 Å². The summed E-state index contributed by atoms with van der Waals surface area (Å²) in [6.07, 6.45) is 1.85. The maximum absolute atomic E-state index is 12.5. The predicted molar refractivity (Wildman–Crippen MR) is 93.5 cm³/mol. The van der Waals surface area contributed by atoms with E-state index in [0.717, 1.165) is 18.4 Å². The average Bonchev–Trinajstić information content (AvgIpc) is 3.00. The number of rotatable bonds is 5. The number of nitrogens with zero attached hydrogens (tertiary/aromatic N) is 1. The molecule has 1 fully saturated rings. The van der Waals surface area contributed by atoms with Crippen LogP contribution in [0.2, 0.25) is 0 Å². The molecule has 1 saturated heterocycles. The minimum absolute atomic E-state index is 0.294. The van der Waals surface area contributed by atoms with Crippen LogP contribution in [0.4, 0.5) is 5.69 Å². The van der Waals surface area contributed by atoms with Crippen molar-refractivity contribution in [3.63, 3.8) is 0 Å². The predicted octanol–water partition coefficient (Wildman–Crippen LogP) is 2.33. The first-order valence-electron chi connectivity index (χ1n) is 7.19. The summed E-state index contributed by atoms with van der Waals surface area (Å²) in [5, 5.41) is 6.44. The summed E-state index contributed by atoms with van der Waals surface area (Å²) in [5.74, 6) is 0. The Balaban J connectivity index is 2.09. The van der Waals surface area contributed by atoms with Gasteiger partial charge in [0, 0.05) is 25.3 Å². The van der Waals surface area contributed by atoms with E-state index < -0.39 is 10.0 Å². The van der Waals surface area contributed by atoms with Crippen molar-refractivity contribution in [2.75, 3.05) is 25.0 Å². The first kappa shape index (κ1) is 16.9. The standard InChI is InChI=1S/C15H21N3O2S2/c1-12(2)11-16-15(21)17-13-6-5-7-14(10-13)22(19,20)18-8-3-4-9-18/h5-7,10H,1,3-4,8-9,11H2,2H3,(H2,16,17,21). The summed E-state index contributed by atoms with van der Waals surface area (Å²) in [4.78, 5) is 0.294. The molecule has 5 nitrogen and oxygen atoms in total. The van der Waals surface area contributed by atoms with Crippen LogP contribution in [0.25, 0.3) is 0 Å². The molecule has 1 heterocycles. The Labute approximate surface area is 137 Å². The van der Waals surface area contributed by atoms with Gasteiger partial charge in [-0.05, 0) is 50.2 Å². The maximum atomic E-state index is 12.5. The maximum Gasteiger partial charge on any atom is 0.243 e. The van der Waals surface area contributed by atoms with Gasteiger partial charge in [0.15, 0.2) is 5.11 Å². The number of anilines is 1. The van der Waals surface area contributed by atoms with Gasteiger partial charge in [-0.3, -0.25) is 0 Å². The van der Waals surface area contributed by atoms with Gasteiger partial charge in [0.1, 0.15) is 0 Å². The third-order valence-electron chi connectivity index (χ3n) is 3.35. The third-order valence-corrected chi connectivity index (χ3v) is 5.49. The third kappa shape index (κ3) is 4.28. The highest BCUT2D eigenvalue weighted by Crippen LogP contribution is 2.23. The summed E-state index contributed by atoms with van der Waals surface area (Å²) in [7, 11) is -3.41. The second-order valence-corrected chi connectivity index (χ2v) is 7.75. The Hall–Kier alpha value is -1.44. The molecule has 1 aliphatic rings. The molecule has 0 aliphatic carbocycles. The molecule has 0 unspecified atom stereocenters. The molecular weight excluding hydrogens is 318 g/mol. The zero-order chi connectivity index (χ0) is 16.2. The molecule has 0 spiro atoms. The number of sulfonamides is 1. The van der Waals surface area contributed by atoms with Crippen molar-refractivity contribution < 1.29 is 8.42 Å². The zero-order valence-corrected chi connectivity index (χ0v) is 14.3. The quantitative estimate of drug-likeness (QED) is 0.637. The van der Waals surface area contributed by atoms with E-state index in [1.807, 2.05) is 6.92 Å². The molecule has 0 radical (unpaired) electrons. The topological polar surface area (TPSA) is 61.4 Å². The Morgan fingerprint density at radius 3 is 2.68 bits per heavy atom. The molecule has 120 valence electrons. The van der Waals surface area contributed by atoms with E-state index in [9.17, 15) is 8.42 Å². The highest BCUT2D eigenvalue weighted by atomic mass is 32.2. The fourth-order valence-corrected chi connectivity index (χ4v) is 3.97. The van der Waals surface area contributed by atoms with E-state index >= 15 is 0 Å². The largest absolute Gasteiger partial charge is 0.359 e. The second kappa shape index (κ2) is 7.21. The van der Waals surface area contributed by atoms with Crippen molar-refractivity contribution in [3.05, 3.63) is 36.4 Å². The van der Waals surface area contributed by atoms with E-state index in [1.54, 1.807) is 24.3 Å². The van der Waals surface area contributed by atoms with Gasteiger partial charge in [0.25, 0.3) is 0 Å². The monoisotopic (exact) mass is 339 g/mol. The van der Waals surface area contributed by atoms with E-state index in [4.69, 9.17) is 12.2 Å². The smallest absolute Gasteiger partial charge is 0.243 e. The van der Waals surface area contributed by atoms with Crippen LogP contribution in [0.3, 0.4) is 0 Å². The number of hydrogen-bond acceptors (Lipinski definition) is 3. The molecule has 0 aromatic heterocycles. The van der Waals surface area contributed by atoms with Crippen molar-refractivity contribution in [1.82, 2.24) is 9.62 Å². The molecule has 1 aliphatic heterocycles. The second-order valence-electron chi connectivity index (χ2n) is 5.40. The lowest BCUT2D eigenvalue weighted by atomic mass is 10.3. The van der Waals surface area contributed by atoms with Gasteiger partial charge in [-0.2, -0.15) is 4.31 Å². The summed E-state index contributed by atoms with van der Waals surface area (Å²) < 4.78 is 26.6. The first-order valence-corrected chi connectivity index (χ1v) is 9.04. The lowest BCUT2D eigenvalue weighted by molar-refractivity contribution is 0.477. The van der Waals surface area contributed by atoms with Crippen molar-refractivity contribution in [2.24, 2.45) is 0 Å². The van der Waals surface area contributed by atoms with Crippen LogP contribution in [-0.2, 0) is 10.0 Å². The van der Waals surface area contributed by atoms with Crippen LogP contribution < -0.4 is 10.6 Å². The van der Waals surface area contributed by atoms with Crippen molar-refractivity contribution in [2.45, 2.75) is 24.7 Å². The van der Waals surface area contributed by atoms with Gasteiger partial charge >= 0.3 is 0 Å². The molecule has 0 amide bonds. The summed E-state index contributed by atoms with van der Waals surface area (Å²) in [6, 6.07) is 6.73. The Kier molecular flexibility index (Phi) is 5.55. The fraction of sp³-hybridized carbons (Fsp3) is 0.400. The molecule has 22 heavy (non-hydrogen) atoms. The highest BCUT2D eigenvalue weighted by Gasteiger charge is 2.27. The average molecular weight is 339 g/mol. The lowest BCUT2D eigenvalue weighted by Crippen LogP contribution is -2.30. The minimum atomic E-state index is -3.41. The first-order chi connectivity index (χ1) is 10.4. The van der Waals surface area contributed by atoms with Gasteiger partial charge in [0.05, 0.1) is 4.90 Å². The molecule has 0 bridgehead atoms. The van der Waals surface area contributed by atoms with Crippen molar-refractivity contribution in [3.8, 4) is 0 Å². The van der Waals surface area contributed by atoms with Crippen LogP contribution in [-0.4, -0.2) is 37.5 Å². The Bertz CT molecular complexity index is 665. The Morgan fingerprint density at radius 2 is 2.05 bits per heavy atom. The zero-order valence-electron chi connectivity index (χ0n) is 12.6. The molecule has 2 N–H and O–H groups in total. The van der Waals surface area contributed by atoms with Crippen LogP contribution in [0.1, 0.15) is 19.8 Å². The van der Waals surface area contributed by atoms with Crippen LogP contribution >= 0.6 is 12.2 Å². The minimum Gasteiger partial charge on any atom is -0.359 e. The van der Waals surface area contributed by atoms with E-state index in [0.29, 0.717) is 35.3 Å². The van der Waals surface area contributed by atoms with Gasteiger partial charge in [0.2, 0.25) is 10.0 Å². The van der Waals surface area contributed by atoms with Gasteiger partial charge in [-0.1, -0.05) is 18.2 Å². The Morgan fingerprint density at radius 1 is 1.36 bits per heavy atom. The molecule has 1 aromatic carbocycles. The summed E-state index contributed by atoms with van der Waals surface area (Å²) in [5.41, 5.74) is 1.62. The normalized spacial score (nSPS) is 15.5. The number of hydrogen-bond donors (Lipinski definition) is 2. The highest BCUT2D eigenvalue weighted by molar-refractivity contribution is 7.89. The fourth-order valence-electron chi connectivity index (χ4n) is 2.22. The van der Waals surface area contributed by atoms with E-state index in [-0.39, 0.29) is 0 Å². The number of nitrogens with one attached hydrogen (secondary N) is 2. The lowest BCUT2D eigenvalue weighted by Gasteiger charge is -2.16.